The maximum absolute atomic E-state index is 12.5. The van der Waals surface area contributed by atoms with Gasteiger partial charge in [-0.1, -0.05) is 0 Å². The molecule has 6 nitrogen and oxygen atoms in total. The van der Waals surface area contributed by atoms with Gasteiger partial charge >= 0.3 is 12.2 Å². The summed E-state index contributed by atoms with van der Waals surface area (Å²) < 4.78 is 11.1. The van der Waals surface area contributed by atoms with Crippen LogP contribution in [-0.4, -0.2) is 28.4 Å². The molecule has 2 amide bonds. The predicted octanol–water partition coefficient (Wildman–Crippen LogP) is 4.83. The van der Waals surface area contributed by atoms with Crippen molar-refractivity contribution in [3.63, 3.8) is 0 Å². The van der Waals surface area contributed by atoms with E-state index in [2.05, 4.69) is 20.9 Å². The van der Waals surface area contributed by atoms with Gasteiger partial charge in [0.25, 0.3) is 0 Å². The lowest BCUT2D eigenvalue weighted by Gasteiger charge is -2.28. The van der Waals surface area contributed by atoms with Crippen LogP contribution in [0.3, 0.4) is 0 Å². The predicted molar refractivity (Wildman–Crippen MR) is 91.6 cm³/mol. The maximum Gasteiger partial charge on any atom is 0.425 e. The fourth-order valence-corrected chi connectivity index (χ4v) is 2.19. The van der Waals surface area contributed by atoms with Crippen LogP contribution in [0.5, 0.6) is 0 Å². The summed E-state index contributed by atoms with van der Waals surface area (Å²) in [6.45, 7) is 12.2. The summed E-state index contributed by atoms with van der Waals surface area (Å²) in [6.07, 6.45) is -0.130. The van der Waals surface area contributed by atoms with Gasteiger partial charge in [0.05, 0.1) is 4.47 Å². The first kappa shape index (κ1) is 19.4. The number of carbonyl (C=O) groups excluding carboxylic acids is 2. The van der Waals surface area contributed by atoms with Gasteiger partial charge in [-0.2, -0.15) is 4.90 Å². The Morgan fingerprint density at radius 3 is 1.83 bits per heavy atom. The lowest BCUT2D eigenvalue weighted by molar-refractivity contribution is 0.0428. The molecule has 0 aromatic carbocycles. The number of aromatic nitrogens is 1. The molecule has 1 aromatic rings. The van der Waals surface area contributed by atoms with Crippen LogP contribution in [0.15, 0.2) is 16.7 Å². The minimum atomic E-state index is -0.844. The van der Waals surface area contributed by atoms with E-state index in [-0.39, 0.29) is 5.82 Å². The zero-order valence-electron chi connectivity index (χ0n) is 14.6. The number of ether oxygens (including phenoxy) is 2. The van der Waals surface area contributed by atoms with Gasteiger partial charge < -0.3 is 9.47 Å². The smallest absolute Gasteiger partial charge is 0.425 e. The van der Waals surface area contributed by atoms with E-state index in [0.29, 0.717) is 4.47 Å². The molecule has 0 fully saturated rings. The topological polar surface area (TPSA) is 68.7 Å². The van der Waals surface area contributed by atoms with Gasteiger partial charge in [0.15, 0.2) is 5.82 Å². The number of hydrogen-bond acceptors (Lipinski definition) is 5. The second-order valence-electron chi connectivity index (χ2n) is 7.11. The maximum atomic E-state index is 12.5. The van der Waals surface area contributed by atoms with Crippen LogP contribution < -0.4 is 4.90 Å². The molecule has 23 heavy (non-hydrogen) atoms. The Kier molecular flexibility index (Phi) is 5.79. The number of pyridine rings is 1. The minimum absolute atomic E-state index is 0.124. The van der Waals surface area contributed by atoms with E-state index in [4.69, 9.17) is 9.47 Å². The van der Waals surface area contributed by atoms with Crippen molar-refractivity contribution in [2.24, 2.45) is 0 Å². The Bertz CT molecular complexity index is 575. The van der Waals surface area contributed by atoms with Crippen molar-refractivity contribution in [3.05, 3.63) is 22.3 Å². The molecule has 0 atom stereocenters. The lowest BCUT2D eigenvalue weighted by Crippen LogP contribution is -2.44. The van der Waals surface area contributed by atoms with Gasteiger partial charge in [-0.15, -0.1) is 0 Å². The monoisotopic (exact) mass is 386 g/mol. The van der Waals surface area contributed by atoms with Gasteiger partial charge in [-0.25, -0.2) is 14.6 Å². The highest BCUT2D eigenvalue weighted by atomic mass is 79.9. The number of rotatable bonds is 1. The van der Waals surface area contributed by atoms with Crippen molar-refractivity contribution in [2.45, 2.75) is 59.7 Å². The van der Waals surface area contributed by atoms with Gasteiger partial charge in [-0.05, 0) is 76.0 Å². The molecular weight excluding hydrogens is 364 g/mol. The lowest BCUT2D eigenvalue weighted by atomic mass is 10.2. The SMILES string of the molecule is Cc1cnc(N(C(=O)OC(C)(C)C)C(=O)OC(C)(C)C)c(Br)c1. The van der Waals surface area contributed by atoms with Crippen molar-refractivity contribution < 1.29 is 19.1 Å². The van der Waals surface area contributed by atoms with Crippen LogP contribution >= 0.6 is 15.9 Å². The van der Waals surface area contributed by atoms with E-state index in [1.807, 2.05) is 6.92 Å². The molecule has 0 aliphatic carbocycles. The second-order valence-corrected chi connectivity index (χ2v) is 7.97. The number of hydrogen-bond donors (Lipinski definition) is 0. The minimum Gasteiger partial charge on any atom is -0.443 e. The molecule has 128 valence electrons. The standard InChI is InChI=1S/C16H23BrN2O4/c1-10-8-11(17)12(18-9-10)19(13(20)22-15(2,3)4)14(21)23-16(5,6)7/h8-9H,1-7H3. The van der Waals surface area contributed by atoms with E-state index >= 15 is 0 Å². The first-order chi connectivity index (χ1) is 10.3. The van der Waals surface area contributed by atoms with E-state index < -0.39 is 23.4 Å². The Morgan fingerprint density at radius 2 is 1.48 bits per heavy atom. The third-order valence-electron chi connectivity index (χ3n) is 2.32. The van der Waals surface area contributed by atoms with Gasteiger partial charge in [0.2, 0.25) is 0 Å². The van der Waals surface area contributed by atoms with E-state index in [1.165, 1.54) is 0 Å². The molecule has 1 aromatic heterocycles. The zero-order valence-corrected chi connectivity index (χ0v) is 16.1. The molecule has 0 bridgehead atoms. The van der Waals surface area contributed by atoms with Gasteiger partial charge in [0, 0.05) is 6.20 Å². The first-order valence-corrected chi connectivity index (χ1v) is 7.98. The van der Waals surface area contributed by atoms with Crippen molar-refractivity contribution in [1.29, 1.82) is 0 Å². The van der Waals surface area contributed by atoms with Crippen LogP contribution in [0, 0.1) is 6.92 Å². The Morgan fingerprint density at radius 1 is 1.04 bits per heavy atom. The highest BCUT2D eigenvalue weighted by Gasteiger charge is 2.34. The molecule has 1 heterocycles. The third kappa shape index (κ3) is 6.17. The summed E-state index contributed by atoms with van der Waals surface area (Å²) in [5.74, 6) is 0.124. The van der Waals surface area contributed by atoms with Crippen LogP contribution in [0.4, 0.5) is 15.4 Å². The summed E-state index contributed by atoms with van der Waals surface area (Å²) >= 11 is 3.32. The average Bonchev–Trinajstić information content (AvgIpc) is 2.27. The van der Waals surface area contributed by atoms with Crippen LogP contribution in [-0.2, 0) is 9.47 Å². The molecule has 0 radical (unpaired) electrons. The summed E-state index contributed by atoms with van der Waals surface area (Å²) in [7, 11) is 0. The molecule has 7 heteroatoms. The molecule has 1 rings (SSSR count). The molecule has 0 N–H and O–H groups in total. The Balaban J connectivity index is 3.25. The molecule has 0 saturated carbocycles. The average molecular weight is 387 g/mol. The molecule has 0 saturated heterocycles. The first-order valence-electron chi connectivity index (χ1n) is 7.18. The van der Waals surface area contributed by atoms with Crippen molar-refractivity contribution >= 4 is 33.9 Å². The third-order valence-corrected chi connectivity index (χ3v) is 2.91. The second kappa shape index (κ2) is 6.86. The van der Waals surface area contributed by atoms with E-state index in [0.717, 1.165) is 10.5 Å². The number of halogens is 1. The highest BCUT2D eigenvalue weighted by Crippen LogP contribution is 2.27. The Labute approximate surface area is 145 Å². The number of anilines is 1. The number of imide groups is 1. The van der Waals surface area contributed by atoms with E-state index in [1.54, 1.807) is 53.8 Å². The number of carbonyl (C=O) groups is 2. The molecule has 0 spiro atoms. The van der Waals surface area contributed by atoms with Crippen LogP contribution in [0.2, 0.25) is 0 Å². The van der Waals surface area contributed by atoms with Crippen molar-refractivity contribution in [1.82, 2.24) is 4.98 Å². The highest BCUT2D eigenvalue weighted by molar-refractivity contribution is 9.10. The Hall–Kier alpha value is -1.63. The summed E-state index contributed by atoms with van der Waals surface area (Å²) in [4.78, 5) is 29.9. The normalized spacial score (nSPS) is 11.8. The van der Waals surface area contributed by atoms with Gasteiger partial charge in [0.1, 0.15) is 11.2 Å². The molecule has 0 unspecified atom stereocenters. The number of nitrogens with zero attached hydrogens (tertiary/aromatic N) is 2. The number of amides is 2. The molecule has 0 aliphatic heterocycles. The van der Waals surface area contributed by atoms with Crippen LogP contribution in [0.25, 0.3) is 0 Å². The van der Waals surface area contributed by atoms with Crippen LogP contribution in [0.1, 0.15) is 47.1 Å². The quantitative estimate of drug-likeness (QED) is 0.691. The summed E-state index contributed by atoms with van der Waals surface area (Å²) in [6, 6.07) is 1.75. The fraction of sp³-hybridized carbons (Fsp3) is 0.562. The fourth-order valence-electron chi connectivity index (χ4n) is 1.55. The van der Waals surface area contributed by atoms with Crippen molar-refractivity contribution in [2.75, 3.05) is 4.90 Å². The van der Waals surface area contributed by atoms with E-state index in [9.17, 15) is 9.59 Å². The zero-order chi connectivity index (χ0) is 18.0. The largest absolute Gasteiger partial charge is 0.443 e. The molecular formula is C16H23BrN2O4. The summed E-state index contributed by atoms with van der Waals surface area (Å²) in [5, 5.41) is 0. The molecule has 0 aliphatic rings. The van der Waals surface area contributed by atoms with Crippen molar-refractivity contribution in [3.8, 4) is 0 Å². The number of aryl methyl sites for hydroxylation is 1. The van der Waals surface area contributed by atoms with Gasteiger partial charge in [-0.3, -0.25) is 0 Å². The summed E-state index contributed by atoms with van der Waals surface area (Å²) in [5.41, 5.74) is -0.628.